The first-order chi connectivity index (χ1) is 8.63. The number of pyridine rings is 1. The van der Waals surface area contributed by atoms with Gasteiger partial charge in [-0.1, -0.05) is 18.2 Å². The molecule has 4 heteroatoms. The molecule has 0 aliphatic carbocycles. The Morgan fingerprint density at radius 3 is 2.17 bits per heavy atom. The minimum Gasteiger partial charge on any atom is -0.297 e. The highest BCUT2D eigenvalue weighted by atomic mass is 19.1. The Bertz CT molecular complexity index is 518. The average Bonchev–Trinajstić information content (AvgIpc) is 3.04. The Kier molecular flexibility index (Phi) is 2.41. The molecule has 1 aromatic carbocycles. The SMILES string of the molecule is C[C@@H]1N[C@@]1(c1ccc(F)cc1)c1ccc(F)nc1. The quantitative estimate of drug-likeness (QED) is 0.653. The Balaban J connectivity index is 2.06. The summed E-state index contributed by atoms with van der Waals surface area (Å²) in [5.41, 5.74) is 1.49. The number of nitrogens with one attached hydrogen (secondary N) is 1. The summed E-state index contributed by atoms with van der Waals surface area (Å²) in [6.45, 7) is 2.03. The molecule has 0 unspecified atom stereocenters. The Hall–Kier alpha value is -1.81. The van der Waals surface area contributed by atoms with Crippen LogP contribution in [0.5, 0.6) is 0 Å². The van der Waals surface area contributed by atoms with Gasteiger partial charge in [-0.25, -0.2) is 9.37 Å². The predicted molar refractivity (Wildman–Crippen MR) is 64.0 cm³/mol. The molecule has 0 radical (unpaired) electrons. The molecule has 1 aromatic heterocycles. The van der Waals surface area contributed by atoms with E-state index in [1.807, 2.05) is 6.92 Å². The van der Waals surface area contributed by atoms with Crippen LogP contribution in [-0.4, -0.2) is 11.0 Å². The van der Waals surface area contributed by atoms with Crippen molar-refractivity contribution < 1.29 is 8.78 Å². The van der Waals surface area contributed by atoms with Crippen LogP contribution in [-0.2, 0) is 5.54 Å². The zero-order valence-electron chi connectivity index (χ0n) is 9.82. The molecule has 2 aromatic rings. The molecule has 1 N–H and O–H groups in total. The lowest BCUT2D eigenvalue weighted by Crippen LogP contribution is -2.16. The van der Waals surface area contributed by atoms with Crippen LogP contribution in [0.2, 0.25) is 0 Å². The molecule has 18 heavy (non-hydrogen) atoms. The number of benzene rings is 1. The summed E-state index contributed by atoms with van der Waals surface area (Å²) in [5.74, 6) is -0.763. The zero-order chi connectivity index (χ0) is 12.8. The molecule has 92 valence electrons. The third kappa shape index (κ3) is 1.61. The monoisotopic (exact) mass is 246 g/mol. The van der Waals surface area contributed by atoms with Gasteiger partial charge in [0.25, 0.3) is 0 Å². The van der Waals surface area contributed by atoms with Crippen LogP contribution in [0.1, 0.15) is 18.1 Å². The van der Waals surface area contributed by atoms with Gasteiger partial charge in [-0.15, -0.1) is 0 Å². The molecule has 3 rings (SSSR count). The van der Waals surface area contributed by atoms with Crippen molar-refractivity contribution in [1.82, 2.24) is 10.3 Å². The van der Waals surface area contributed by atoms with Crippen molar-refractivity contribution in [3.63, 3.8) is 0 Å². The van der Waals surface area contributed by atoms with Gasteiger partial charge in [0.15, 0.2) is 0 Å². The normalized spacial score (nSPS) is 26.1. The zero-order valence-corrected chi connectivity index (χ0v) is 9.82. The second kappa shape index (κ2) is 3.85. The Morgan fingerprint density at radius 1 is 1.06 bits per heavy atom. The van der Waals surface area contributed by atoms with Crippen LogP contribution < -0.4 is 5.32 Å². The van der Waals surface area contributed by atoms with Crippen molar-refractivity contribution >= 4 is 0 Å². The Labute approximate surface area is 104 Å². The van der Waals surface area contributed by atoms with Crippen LogP contribution >= 0.6 is 0 Å². The molecular weight excluding hydrogens is 234 g/mol. The van der Waals surface area contributed by atoms with Crippen molar-refractivity contribution in [3.8, 4) is 0 Å². The molecule has 1 fully saturated rings. The Morgan fingerprint density at radius 2 is 1.67 bits per heavy atom. The molecule has 0 saturated carbocycles. The highest BCUT2D eigenvalue weighted by molar-refractivity contribution is 5.46. The van der Waals surface area contributed by atoms with Gasteiger partial charge in [-0.2, -0.15) is 4.39 Å². The van der Waals surface area contributed by atoms with Gasteiger partial charge < -0.3 is 0 Å². The van der Waals surface area contributed by atoms with Gasteiger partial charge in [0.05, 0.1) is 5.54 Å². The summed E-state index contributed by atoms with van der Waals surface area (Å²) in [4.78, 5) is 3.68. The third-order valence-electron chi connectivity index (χ3n) is 3.49. The van der Waals surface area contributed by atoms with Gasteiger partial charge in [0.1, 0.15) is 5.82 Å². The van der Waals surface area contributed by atoms with Crippen molar-refractivity contribution in [2.75, 3.05) is 0 Å². The minimum absolute atomic E-state index is 0.218. The third-order valence-corrected chi connectivity index (χ3v) is 3.49. The fraction of sp³-hybridized carbons (Fsp3) is 0.214. The van der Waals surface area contributed by atoms with Crippen LogP contribution in [0.3, 0.4) is 0 Å². The van der Waals surface area contributed by atoms with E-state index in [1.54, 1.807) is 18.2 Å². The van der Waals surface area contributed by atoms with E-state index < -0.39 is 5.95 Å². The molecule has 1 aliphatic rings. The van der Waals surface area contributed by atoms with Crippen molar-refractivity contribution in [2.45, 2.75) is 18.5 Å². The highest BCUT2D eigenvalue weighted by Gasteiger charge is 2.53. The number of halogens is 2. The second-order valence-corrected chi connectivity index (χ2v) is 4.55. The van der Waals surface area contributed by atoms with Gasteiger partial charge in [-0.3, -0.25) is 5.32 Å². The smallest absolute Gasteiger partial charge is 0.212 e. The van der Waals surface area contributed by atoms with E-state index in [2.05, 4.69) is 10.3 Å². The predicted octanol–water partition coefficient (Wildman–Crippen LogP) is 2.60. The number of hydrogen-bond acceptors (Lipinski definition) is 2. The van der Waals surface area contributed by atoms with Crippen LogP contribution in [0.4, 0.5) is 8.78 Å². The number of rotatable bonds is 2. The van der Waals surface area contributed by atoms with Crippen molar-refractivity contribution in [2.24, 2.45) is 0 Å². The summed E-state index contributed by atoms with van der Waals surface area (Å²) in [6, 6.07) is 9.62. The fourth-order valence-corrected chi connectivity index (χ4v) is 2.46. The van der Waals surface area contributed by atoms with Gasteiger partial charge in [0, 0.05) is 12.2 Å². The topological polar surface area (TPSA) is 34.8 Å². The number of hydrogen-bond donors (Lipinski definition) is 1. The highest BCUT2D eigenvalue weighted by Crippen LogP contribution is 2.43. The maximum Gasteiger partial charge on any atom is 0.212 e. The molecule has 1 saturated heterocycles. The molecule has 2 nitrogen and oxygen atoms in total. The summed E-state index contributed by atoms with van der Waals surface area (Å²) in [5, 5.41) is 3.33. The number of nitrogens with zero attached hydrogens (tertiary/aromatic N) is 1. The molecular formula is C14H12F2N2. The van der Waals surface area contributed by atoms with E-state index in [-0.39, 0.29) is 17.4 Å². The fourth-order valence-electron chi connectivity index (χ4n) is 2.46. The first-order valence-corrected chi connectivity index (χ1v) is 5.79. The summed E-state index contributed by atoms with van der Waals surface area (Å²) >= 11 is 0. The maximum absolute atomic E-state index is 13.0. The van der Waals surface area contributed by atoms with Crippen LogP contribution in [0, 0.1) is 11.8 Å². The van der Waals surface area contributed by atoms with Gasteiger partial charge >= 0.3 is 0 Å². The van der Waals surface area contributed by atoms with E-state index in [4.69, 9.17) is 0 Å². The van der Waals surface area contributed by atoms with Crippen LogP contribution in [0.15, 0.2) is 42.6 Å². The second-order valence-electron chi connectivity index (χ2n) is 4.55. The lowest BCUT2D eigenvalue weighted by molar-refractivity contribution is 0.580. The van der Waals surface area contributed by atoms with E-state index >= 15 is 0 Å². The van der Waals surface area contributed by atoms with E-state index in [0.29, 0.717) is 0 Å². The lowest BCUT2D eigenvalue weighted by Gasteiger charge is -2.15. The van der Waals surface area contributed by atoms with E-state index in [1.165, 1.54) is 24.4 Å². The van der Waals surface area contributed by atoms with Crippen molar-refractivity contribution in [1.29, 1.82) is 0 Å². The summed E-state index contributed by atoms with van der Waals surface area (Å²) in [6.07, 6.45) is 1.52. The lowest BCUT2D eigenvalue weighted by atomic mass is 9.89. The first-order valence-electron chi connectivity index (χ1n) is 5.79. The molecule has 0 bridgehead atoms. The number of aromatic nitrogens is 1. The molecule has 0 spiro atoms. The summed E-state index contributed by atoms with van der Waals surface area (Å²) in [7, 11) is 0. The van der Waals surface area contributed by atoms with Crippen molar-refractivity contribution in [3.05, 3.63) is 65.5 Å². The molecule has 1 aliphatic heterocycles. The van der Waals surface area contributed by atoms with Gasteiger partial charge in [-0.05, 0) is 36.2 Å². The molecule has 2 heterocycles. The maximum atomic E-state index is 13.0. The summed E-state index contributed by atoms with van der Waals surface area (Å²) < 4.78 is 25.8. The molecule has 2 atom stereocenters. The minimum atomic E-state index is -0.499. The standard InChI is InChI=1S/C14H12F2N2/c1-9-14(18-9,10-2-5-12(15)6-3-10)11-4-7-13(16)17-8-11/h2-9,18H,1H3/t9-,14-/m0/s1. The largest absolute Gasteiger partial charge is 0.297 e. The first kappa shape index (κ1) is 11.3. The van der Waals surface area contributed by atoms with E-state index in [0.717, 1.165) is 11.1 Å². The average molecular weight is 246 g/mol. The van der Waals surface area contributed by atoms with Crippen LogP contribution in [0.25, 0.3) is 0 Å². The van der Waals surface area contributed by atoms with Gasteiger partial charge in [0.2, 0.25) is 5.95 Å². The van der Waals surface area contributed by atoms with E-state index in [9.17, 15) is 8.78 Å². The molecule has 0 amide bonds.